The van der Waals surface area contributed by atoms with Crippen LogP contribution in [0.25, 0.3) is 0 Å². The van der Waals surface area contributed by atoms with Crippen LogP contribution < -0.4 is 4.74 Å². The predicted molar refractivity (Wildman–Crippen MR) is 57.8 cm³/mol. The lowest BCUT2D eigenvalue weighted by molar-refractivity contribution is -0.147. The summed E-state index contributed by atoms with van der Waals surface area (Å²) in [4.78, 5) is 11.3. The summed E-state index contributed by atoms with van der Waals surface area (Å²) in [5.41, 5.74) is -1.06. The van der Waals surface area contributed by atoms with E-state index in [1.54, 1.807) is 0 Å². The Morgan fingerprint density at radius 2 is 2.12 bits per heavy atom. The van der Waals surface area contributed by atoms with Crippen LogP contribution in [0.1, 0.15) is 24.8 Å². The van der Waals surface area contributed by atoms with Crippen LogP contribution in [0.3, 0.4) is 0 Å². The molecule has 0 saturated heterocycles. The number of hydrogen-bond acceptors (Lipinski definition) is 3. The van der Waals surface area contributed by atoms with Crippen LogP contribution in [0.4, 0.5) is 4.39 Å². The van der Waals surface area contributed by atoms with Gasteiger partial charge in [0.15, 0.2) is 11.5 Å². The molecule has 17 heavy (non-hydrogen) atoms. The van der Waals surface area contributed by atoms with Crippen LogP contribution in [0, 0.1) is 5.82 Å². The van der Waals surface area contributed by atoms with Gasteiger partial charge in [-0.25, -0.2) is 4.39 Å². The Kier molecular flexibility index (Phi) is 2.69. The number of halogens is 1. The van der Waals surface area contributed by atoms with Gasteiger partial charge in [-0.1, -0.05) is 6.42 Å². The molecule has 0 heterocycles. The van der Waals surface area contributed by atoms with Gasteiger partial charge in [-0.2, -0.15) is 0 Å². The van der Waals surface area contributed by atoms with E-state index in [-0.39, 0.29) is 17.1 Å². The molecule has 0 aromatic heterocycles. The van der Waals surface area contributed by atoms with E-state index in [9.17, 15) is 19.4 Å². The van der Waals surface area contributed by atoms with E-state index >= 15 is 0 Å². The van der Waals surface area contributed by atoms with Gasteiger partial charge in [-0.05, 0) is 18.9 Å². The number of rotatable bonds is 3. The third-order valence-corrected chi connectivity index (χ3v) is 3.39. The quantitative estimate of drug-likeness (QED) is 0.848. The molecule has 0 spiro atoms. The first-order valence-corrected chi connectivity index (χ1v) is 5.31. The summed E-state index contributed by atoms with van der Waals surface area (Å²) in [6.45, 7) is 0. The molecule has 2 N–H and O–H groups in total. The summed E-state index contributed by atoms with van der Waals surface area (Å²) in [5.74, 6) is -1.96. The highest BCUT2D eigenvalue weighted by molar-refractivity contribution is 5.84. The van der Waals surface area contributed by atoms with Crippen molar-refractivity contribution < 1.29 is 24.1 Å². The molecule has 1 saturated carbocycles. The maximum absolute atomic E-state index is 13.4. The van der Waals surface area contributed by atoms with Gasteiger partial charge < -0.3 is 14.9 Å². The van der Waals surface area contributed by atoms with Gasteiger partial charge in [0.25, 0.3) is 0 Å². The number of carboxylic acid groups (broad SMARTS) is 1. The zero-order valence-corrected chi connectivity index (χ0v) is 9.36. The van der Waals surface area contributed by atoms with E-state index < -0.39 is 17.2 Å². The van der Waals surface area contributed by atoms with E-state index in [2.05, 4.69) is 0 Å². The van der Waals surface area contributed by atoms with Crippen molar-refractivity contribution in [3.63, 3.8) is 0 Å². The highest BCUT2D eigenvalue weighted by atomic mass is 19.1. The van der Waals surface area contributed by atoms with E-state index in [1.165, 1.54) is 7.11 Å². The maximum Gasteiger partial charge on any atom is 0.314 e. The molecule has 0 aliphatic heterocycles. The average Bonchev–Trinajstić information content (AvgIpc) is 2.20. The summed E-state index contributed by atoms with van der Waals surface area (Å²) in [7, 11) is 1.30. The standard InChI is InChI=1S/C12H13FO4/c1-17-9-6-7(13)5-8(10(9)14)12(11(15)16)3-2-4-12/h5-6,14H,2-4H2,1H3,(H,15,16). The fourth-order valence-corrected chi connectivity index (χ4v) is 2.22. The minimum Gasteiger partial charge on any atom is -0.504 e. The number of ether oxygens (including phenoxy) is 1. The number of benzene rings is 1. The molecule has 0 amide bonds. The van der Waals surface area contributed by atoms with Crippen molar-refractivity contribution in [1.82, 2.24) is 0 Å². The molecular weight excluding hydrogens is 227 g/mol. The summed E-state index contributed by atoms with van der Waals surface area (Å²) in [6.07, 6.45) is 1.57. The molecule has 0 radical (unpaired) electrons. The van der Waals surface area contributed by atoms with E-state index in [0.717, 1.165) is 18.6 Å². The summed E-state index contributed by atoms with van der Waals surface area (Å²) in [6, 6.07) is 2.11. The lowest BCUT2D eigenvalue weighted by atomic mass is 9.64. The topological polar surface area (TPSA) is 66.8 Å². The Labute approximate surface area is 97.6 Å². The molecular formula is C12H13FO4. The highest BCUT2D eigenvalue weighted by Gasteiger charge is 2.48. The molecule has 0 unspecified atom stereocenters. The first-order chi connectivity index (χ1) is 8.01. The molecule has 92 valence electrons. The predicted octanol–water partition coefficient (Wildman–Crippen LogP) is 2.05. The molecule has 1 aromatic rings. The monoisotopic (exact) mass is 240 g/mol. The van der Waals surface area contributed by atoms with Crippen LogP contribution in [0.5, 0.6) is 11.5 Å². The van der Waals surface area contributed by atoms with Crippen molar-refractivity contribution in [2.45, 2.75) is 24.7 Å². The van der Waals surface area contributed by atoms with Gasteiger partial charge in [0, 0.05) is 11.6 Å². The fourth-order valence-electron chi connectivity index (χ4n) is 2.22. The summed E-state index contributed by atoms with van der Waals surface area (Å²) < 4.78 is 18.2. The van der Waals surface area contributed by atoms with Crippen LogP contribution in [-0.2, 0) is 10.2 Å². The Morgan fingerprint density at radius 3 is 2.53 bits per heavy atom. The van der Waals surface area contributed by atoms with Crippen molar-refractivity contribution >= 4 is 5.97 Å². The Bertz CT molecular complexity index is 466. The van der Waals surface area contributed by atoms with Gasteiger partial charge in [-0.3, -0.25) is 4.79 Å². The second-order valence-electron chi connectivity index (χ2n) is 4.25. The minimum atomic E-state index is -1.17. The van der Waals surface area contributed by atoms with Crippen LogP contribution in [0.15, 0.2) is 12.1 Å². The second-order valence-corrected chi connectivity index (χ2v) is 4.25. The Morgan fingerprint density at radius 1 is 1.47 bits per heavy atom. The normalized spacial score (nSPS) is 17.3. The van der Waals surface area contributed by atoms with Gasteiger partial charge >= 0.3 is 5.97 Å². The number of phenolic OH excluding ortho intramolecular Hbond substituents is 1. The van der Waals surface area contributed by atoms with Crippen molar-refractivity contribution in [3.05, 3.63) is 23.5 Å². The molecule has 1 aliphatic carbocycles. The van der Waals surface area contributed by atoms with E-state index in [1.807, 2.05) is 0 Å². The molecule has 2 rings (SSSR count). The van der Waals surface area contributed by atoms with Gasteiger partial charge in [0.2, 0.25) is 0 Å². The third kappa shape index (κ3) is 1.62. The zero-order chi connectivity index (χ0) is 12.6. The Balaban J connectivity index is 2.58. The van der Waals surface area contributed by atoms with Crippen LogP contribution in [0.2, 0.25) is 0 Å². The number of methoxy groups -OCH3 is 1. The molecule has 0 bridgehead atoms. The maximum atomic E-state index is 13.4. The molecule has 0 atom stereocenters. The molecule has 1 fully saturated rings. The first-order valence-electron chi connectivity index (χ1n) is 5.31. The fraction of sp³-hybridized carbons (Fsp3) is 0.417. The number of aromatic hydroxyl groups is 1. The minimum absolute atomic E-state index is 0.0347. The lowest BCUT2D eigenvalue weighted by Crippen LogP contribution is -2.42. The second kappa shape index (κ2) is 3.91. The largest absolute Gasteiger partial charge is 0.504 e. The Hall–Kier alpha value is -1.78. The SMILES string of the molecule is COc1cc(F)cc(C2(C(=O)O)CCC2)c1O. The van der Waals surface area contributed by atoms with Crippen molar-refractivity contribution in [3.8, 4) is 11.5 Å². The first kappa shape index (κ1) is 11.7. The van der Waals surface area contributed by atoms with Crippen molar-refractivity contribution in [2.24, 2.45) is 0 Å². The number of carbonyl (C=O) groups is 1. The molecule has 1 aromatic carbocycles. The number of carboxylic acids is 1. The zero-order valence-electron chi connectivity index (χ0n) is 9.36. The highest BCUT2D eigenvalue weighted by Crippen LogP contribution is 2.49. The van der Waals surface area contributed by atoms with E-state index in [4.69, 9.17) is 4.74 Å². The van der Waals surface area contributed by atoms with Gasteiger partial charge in [-0.15, -0.1) is 0 Å². The number of aliphatic carboxylic acids is 1. The average molecular weight is 240 g/mol. The summed E-state index contributed by atoms with van der Waals surface area (Å²) in [5, 5.41) is 19.1. The molecule has 1 aliphatic rings. The van der Waals surface area contributed by atoms with Gasteiger partial charge in [0.05, 0.1) is 12.5 Å². The van der Waals surface area contributed by atoms with Crippen LogP contribution in [-0.4, -0.2) is 23.3 Å². The lowest BCUT2D eigenvalue weighted by Gasteiger charge is -2.38. The third-order valence-electron chi connectivity index (χ3n) is 3.39. The molecule has 4 nitrogen and oxygen atoms in total. The van der Waals surface area contributed by atoms with Crippen LogP contribution >= 0.6 is 0 Å². The molecule has 5 heteroatoms. The van der Waals surface area contributed by atoms with Crippen molar-refractivity contribution in [2.75, 3.05) is 7.11 Å². The smallest absolute Gasteiger partial charge is 0.314 e. The summed E-state index contributed by atoms with van der Waals surface area (Å²) >= 11 is 0. The number of phenols is 1. The van der Waals surface area contributed by atoms with E-state index in [0.29, 0.717) is 12.8 Å². The van der Waals surface area contributed by atoms with Gasteiger partial charge in [0.1, 0.15) is 5.82 Å². The van der Waals surface area contributed by atoms with Crippen molar-refractivity contribution in [1.29, 1.82) is 0 Å². The number of hydrogen-bond donors (Lipinski definition) is 2.